The number of rotatable bonds is 5. The molecule has 0 amide bonds. The highest BCUT2D eigenvalue weighted by Gasteiger charge is 2.44. The zero-order valence-corrected chi connectivity index (χ0v) is 20.4. The average molecular weight is 479 g/mol. The van der Waals surface area contributed by atoms with Crippen molar-refractivity contribution in [2.45, 2.75) is 12.0 Å². The van der Waals surface area contributed by atoms with Crippen LogP contribution in [0.3, 0.4) is 0 Å². The summed E-state index contributed by atoms with van der Waals surface area (Å²) in [6.07, 6.45) is 8.03. The molecule has 37 heavy (non-hydrogen) atoms. The van der Waals surface area contributed by atoms with E-state index in [0.717, 1.165) is 33.4 Å². The lowest BCUT2D eigenvalue weighted by molar-refractivity contribution is -0.112. The Morgan fingerprint density at radius 1 is 0.676 bits per heavy atom. The third-order valence-corrected chi connectivity index (χ3v) is 7.00. The van der Waals surface area contributed by atoms with Crippen LogP contribution < -0.4 is 0 Å². The summed E-state index contributed by atoms with van der Waals surface area (Å²) in [5, 5.41) is 0. The summed E-state index contributed by atoms with van der Waals surface area (Å²) in [4.78, 5) is 13.3. The minimum atomic E-state index is -0.770. The number of carbonyl (C=O) groups excluding carboxylic acids is 1. The van der Waals surface area contributed by atoms with Gasteiger partial charge in [0, 0.05) is 17.5 Å². The Balaban J connectivity index is 1.61. The summed E-state index contributed by atoms with van der Waals surface area (Å²) in [6, 6.07) is 41.3. The van der Waals surface area contributed by atoms with Gasteiger partial charge in [0.15, 0.2) is 11.4 Å². The third kappa shape index (κ3) is 4.28. The van der Waals surface area contributed by atoms with Gasteiger partial charge in [-0.25, -0.2) is 0 Å². The molecule has 2 nitrogen and oxygen atoms in total. The Morgan fingerprint density at radius 2 is 1.16 bits per heavy atom. The predicted octanol–water partition coefficient (Wildman–Crippen LogP) is 7.80. The molecule has 2 heteroatoms. The highest BCUT2D eigenvalue weighted by atomic mass is 16.5. The zero-order chi connectivity index (χ0) is 25.1. The van der Waals surface area contributed by atoms with E-state index in [4.69, 9.17) is 4.74 Å². The molecule has 0 aromatic heterocycles. The van der Waals surface area contributed by atoms with Crippen LogP contribution in [0.4, 0.5) is 0 Å². The van der Waals surface area contributed by atoms with Gasteiger partial charge < -0.3 is 4.74 Å². The first-order valence-electron chi connectivity index (χ1n) is 12.5. The molecule has 178 valence electrons. The van der Waals surface area contributed by atoms with Crippen LogP contribution in [-0.4, -0.2) is 5.78 Å². The van der Waals surface area contributed by atoms with E-state index in [2.05, 4.69) is 54.6 Å². The summed E-state index contributed by atoms with van der Waals surface area (Å²) in [5.74, 6) is 0.581. The standard InChI is InChI=1S/C35H26O2/c36-32-22-13-23-33-34(32)28(24-31(26-14-5-1-6-15-26)27-16-7-2-8-17-27)25-35(37-33,29-18-9-3-10-19-29)30-20-11-4-12-21-30/h1-24H,25H2. The molecule has 4 aromatic rings. The number of hydrogen-bond acceptors (Lipinski definition) is 2. The summed E-state index contributed by atoms with van der Waals surface area (Å²) in [6.45, 7) is 0. The number of ether oxygens (including phenoxy) is 1. The quantitative estimate of drug-likeness (QED) is 0.292. The van der Waals surface area contributed by atoms with Gasteiger partial charge in [-0.2, -0.15) is 0 Å². The van der Waals surface area contributed by atoms with E-state index >= 15 is 0 Å². The fourth-order valence-electron chi connectivity index (χ4n) is 5.26. The molecular weight excluding hydrogens is 452 g/mol. The molecule has 1 heterocycles. The van der Waals surface area contributed by atoms with Gasteiger partial charge in [0.1, 0.15) is 5.76 Å². The smallest absolute Gasteiger partial charge is 0.189 e. The molecule has 1 aliphatic heterocycles. The van der Waals surface area contributed by atoms with Crippen LogP contribution in [0.5, 0.6) is 0 Å². The first-order valence-corrected chi connectivity index (χ1v) is 12.5. The molecule has 0 atom stereocenters. The number of fused-ring (bicyclic) bond motifs is 1. The van der Waals surface area contributed by atoms with Crippen molar-refractivity contribution < 1.29 is 9.53 Å². The Hall–Kier alpha value is -4.69. The fraction of sp³-hybridized carbons (Fsp3) is 0.0571. The van der Waals surface area contributed by atoms with Gasteiger partial charge in [0.05, 0.1) is 5.57 Å². The molecule has 0 saturated heterocycles. The number of hydrogen-bond donors (Lipinski definition) is 0. The average Bonchev–Trinajstić information content (AvgIpc) is 2.97. The molecule has 0 fully saturated rings. The number of ketones is 1. The van der Waals surface area contributed by atoms with Crippen molar-refractivity contribution in [2.75, 3.05) is 0 Å². The van der Waals surface area contributed by atoms with Crippen LogP contribution in [0, 0.1) is 0 Å². The van der Waals surface area contributed by atoms with E-state index in [9.17, 15) is 4.79 Å². The maximum atomic E-state index is 13.3. The van der Waals surface area contributed by atoms with Gasteiger partial charge >= 0.3 is 0 Å². The van der Waals surface area contributed by atoms with Gasteiger partial charge in [0.25, 0.3) is 0 Å². The van der Waals surface area contributed by atoms with E-state index in [-0.39, 0.29) is 5.78 Å². The molecule has 2 aliphatic rings. The van der Waals surface area contributed by atoms with Crippen molar-refractivity contribution in [1.29, 1.82) is 0 Å². The second-order valence-electron chi connectivity index (χ2n) is 9.28. The molecule has 0 spiro atoms. The van der Waals surface area contributed by atoms with Crippen molar-refractivity contribution in [3.8, 4) is 0 Å². The zero-order valence-electron chi connectivity index (χ0n) is 20.4. The monoisotopic (exact) mass is 478 g/mol. The van der Waals surface area contributed by atoms with Crippen molar-refractivity contribution in [1.82, 2.24) is 0 Å². The van der Waals surface area contributed by atoms with Gasteiger partial charge in [-0.05, 0) is 40.5 Å². The van der Waals surface area contributed by atoms with E-state index in [1.54, 1.807) is 12.2 Å². The highest BCUT2D eigenvalue weighted by molar-refractivity contribution is 6.09. The van der Waals surface area contributed by atoms with Crippen molar-refractivity contribution >= 4 is 11.4 Å². The summed E-state index contributed by atoms with van der Waals surface area (Å²) >= 11 is 0. The number of carbonyl (C=O) groups is 1. The maximum absolute atomic E-state index is 13.3. The Labute approximate surface area is 217 Å². The lowest BCUT2D eigenvalue weighted by atomic mass is 9.76. The molecule has 0 N–H and O–H groups in total. The second kappa shape index (κ2) is 9.75. The van der Waals surface area contributed by atoms with E-state index in [1.165, 1.54) is 0 Å². The van der Waals surface area contributed by atoms with Gasteiger partial charge in [-0.1, -0.05) is 127 Å². The second-order valence-corrected chi connectivity index (χ2v) is 9.28. The van der Waals surface area contributed by atoms with Crippen LogP contribution in [0.2, 0.25) is 0 Å². The van der Waals surface area contributed by atoms with Crippen molar-refractivity contribution in [3.63, 3.8) is 0 Å². The Kier molecular flexibility index (Phi) is 6.00. The van der Waals surface area contributed by atoms with E-state index in [0.29, 0.717) is 17.8 Å². The summed E-state index contributed by atoms with van der Waals surface area (Å²) in [5.41, 5.74) is 6.20. The first kappa shape index (κ1) is 22.8. The number of allylic oxidation sites excluding steroid dienone is 5. The predicted molar refractivity (Wildman–Crippen MR) is 149 cm³/mol. The minimum absolute atomic E-state index is 0.0288. The normalized spacial score (nSPS) is 15.9. The van der Waals surface area contributed by atoms with E-state index < -0.39 is 5.60 Å². The van der Waals surface area contributed by atoms with Crippen LogP contribution in [-0.2, 0) is 15.1 Å². The largest absolute Gasteiger partial charge is 0.477 e. The fourth-order valence-corrected chi connectivity index (χ4v) is 5.26. The highest BCUT2D eigenvalue weighted by Crippen LogP contribution is 2.48. The number of benzene rings is 4. The maximum Gasteiger partial charge on any atom is 0.189 e. The van der Waals surface area contributed by atoms with Crippen LogP contribution in [0.25, 0.3) is 5.57 Å². The molecule has 4 aromatic carbocycles. The minimum Gasteiger partial charge on any atom is -0.477 e. The lowest BCUT2D eigenvalue weighted by Crippen LogP contribution is -2.36. The van der Waals surface area contributed by atoms with Crippen LogP contribution >= 0.6 is 0 Å². The Bertz CT molecular complexity index is 1460. The van der Waals surface area contributed by atoms with E-state index in [1.807, 2.05) is 78.9 Å². The van der Waals surface area contributed by atoms with Gasteiger partial charge in [-0.15, -0.1) is 0 Å². The molecule has 0 saturated carbocycles. The molecular formula is C35H26O2. The topological polar surface area (TPSA) is 26.3 Å². The molecule has 0 unspecified atom stereocenters. The summed E-state index contributed by atoms with van der Waals surface area (Å²) < 4.78 is 6.85. The SMILES string of the molecule is O=C1C=CC=C2OC(c3ccccc3)(c3ccccc3)CC(C=C(c3ccccc3)c3ccccc3)=C12. The first-order chi connectivity index (χ1) is 18.2. The van der Waals surface area contributed by atoms with Crippen LogP contribution in [0.1, 0.15) is 28.7 Å². The molecule has 1 aliphatic carbocycles. The summed E-state index contributed by atoms with van der Waals surface area (Å²) in [7, 11) is 0. The van der Waals surface area contributed by atoms with Crippen molar-refractivity contribution in [2.24, 2.45) is 0 Å². The molecule has 0 bridgehead atoms. The van der Waals surface area contributed by atoms with Gasteiger partial charge in [-0.3, -0.25) is 4.79 Å². The van der Waals surface area contributed by atoms with Crippen molar-refractivity contribution in [3.05, 3.63) is 185 Å². The van der Waals surface area contributed by atoms with Gasteiger partial charge in [0.2, 0.25) is 0 Å². The molecule has 0 radical (unpaired) electrons. The van der Waals surface area contributed by atoms with Crippen LogP contribution in [0.15, 0.2) is 163 Å². The third-order valence-electron chi connectivity index (χ3n) is 7.00. The lowest BCUT2D eigenvalue weighted by Gasteiger charge is -2.41. The Morgan fingerprint density at radius 3 is 1.68 bits per heavy atom. The molecule has 6 rings (SSSR count).